The van der Waals surface area contributed by atoms with Gasteiger partial charge in [0.1, 0.15) is 24.0 Å². The van der Waals surface area contributed by atoms with Crippen LogP contribution in [0.25, 0.3) is 21.8 Å². The van der Waals surface area contributed by atoms with Crippen molar-refractivity contribution < 1.29 is 28.7 Å². The number of amides is 4. The number of anilines is 3. The Kier molecular flexibility index (Phi) is 8.23. The summed E-state index contributed by atoms with van der Waals surface area (Å²) >= 11 is 0.915. The van der Waals surface area contributed by atoms with Crippen LogP contribution in [0.15, 0.2) is 47.3 Å². The van der Waals surface area contributed by atoms with Gasteiger partial charge in [0.25, 0.3) is 5.91 Å². The van der Waals surface area contributed by atoms with Crippen molar-refractivity contribution in [1.29, 1.82) is 0 Å². The number of carbonyl (C=O) groups excluding carboxylic acids is 4. The highest BCUT2D eigenvalue weighted by Gasteiger charge is 2.32. The van der Waals surface area contributed by atoms with Gasteiger partial charge in [-0.15, -0.1) is 0 Å². The summed E-state index contributed by atoms with van der Waals surface area (Å²) in [6.07, 6.45) is 2.35. The summed E-state index contributed by atoms with van der Waals surface area (Å²) in [5, 5.41) is 16.5. The third kappa shape index (κ3) is 5.71. The number of benzene rings is 3. The van der Waals surface area contributed by atoms with Crippen LogP contribution in [-0.4, -0.2) is 57.5 Å². The molecule has 3 aromatic carbocycles. The zero-order valence-electron chi connectivity index (χ0n) is 26.1. The van der Waals surface area contributed by atoms with E-state index in [1.807, 2.05) is 25.1 Å². The number of nitrogens with one attached hydrogen (secondary N) is 3. The van der Waals surface area contributed by atoms with Crippen molar-refractivity contribution in [3.8, 4) is 5.75 Å². The Hall–Kier alpha value is -5.05. The summed E-state index contributed by atoms with van der Waals surface area (Å²) in [6, 6.07) is 11.2. The Bertz CT molecular complexity index is 2050. The highest BCUT2D eigenvalue weighted by molar-refractivity contribution is 7.99. The van der Waals surface area contributed by atoms with Crippen LogP contribution in [0.3, 0.4) is 0 Å². The van der Waals surface area contributed by atoms with Crippen LogP contribution >= 0.6 is 12.1 Å². The lowest BCUT2D eigenvalue weighted by molar-refractivity contribution is -0.135. The smallest absolute Gasteiger partial charge is 0.329 e. The summed E-state index contributed by atoms with van der Waals surface area (Å²) in [5.74, 6) is -2.03. The Balaban J connectivity index is 0.996. The number of carbonyl (C=O) groups is 4. The van der Waals surface area contributed by atoms with Crippen LogP contribution in [0.5, 0.6) is 5.75 Å². The van der Waals surface area contributed by atoms with Gasteiger partial charge < -0.3 is 15.3 Å². The molecule has 3 fully saturated rings. The molecule has 4 heterocycles. The van der Waals surface area contributed by atoms with Crippen LogP contribution < -0.4 is 30.3 Å². The van der Waals surface area contributed by atoms with Gasteiger partial charge in [0.15, 0.2) is 5.82 Å². The SMILES string of the molecule is CCn1c(=O)n(C2CCC(=O)NC2=O)c2ccc(N3CCC(CC(=O)Nc4ccc5c(F)c(N6CC(=O)NS6)c(O)cc5c4)CC3)cc21. The first-order chi connectivity index (χ1) is 23.1. The number of phenolic OH excluding ortho intramolecular Hbond substituents is 1. The summed E-state index contributed by atoms with van der Waals surface area (Å²) in [4.78, 5) is 64.4. The van der Waals surface area contributed by atoms with E-state index in [0.29, 0.717) is 29.6 Å². The minimum atomic E-state index is -0.737. The third-order valence-electron chi connectivity index (χ3n) is 9.36. The minimum absolute atomic E-state index is 0.0701. The summed E-state index contributed by atoms with van der Waals surface area (Å²) in [6.45, 7) is 3.68. The molecule has 250 valence electrons. The standard InChI is InChI=1S/C33H34FN7O6S/c1-2-39-25-16-21(4-6-23(25)41(33(39)47)24-7-8-27(43)36-32(24)46)38-11-9-18(10-12-38)13-28(44)35-20-3-5-22-19(14-20)15-26(42)31(30(22)34)40-17-29(45)37-48-40/h3-6,14-16,18,24,42H,2,7-13,17H2,1H3,(H,35,44)(H,37,45)(H,36,43,46). The monoisotopic (exact) mass is 675 g/mol. The van der Waals surface area contributed by atoms with Crippen molar-refractivity contribution in [3.05, 3.63) is 58.8 Å². The highest BCUT2D eigenvalue weighted by Crippen LogP contribution is 2.40. The second kappa shape index (κ2) is 12.5. The highest BCUT2D eigenvalue weighted by atomic mass is 32.2. The molecule has 4 amide bonds. The molecule has 3 aliphatic heterocycles. The average molecular weight is 676 g/mol. The quantitative estimate of drug-likeness (QED) is 0.170. The van der Waals surface area contributed by atoms with Gasteiger partial charge in [-0.2, -0.15) is 0 Å². The van der Waals surface area contributed by atoms with E-state index in [1.54, 1.807) is 22.8 Å². The molecule has 13 nitrogen and oxygen atoms in total. The Labute approximate surface area is 278 Å². The van der Waals surface area contributed by atoms with Crippen molar-refractivity contribution in [2.45, 2.75) is 51.6 Å². The second-order valence-corrected chi connectivity index (χ2v) is 13.2. The first-order valence-corrected chi connectivity index (χ1v) is 16.7. The van der Waals surface area contributed by atoms with Crippen molar-refractivity contribution in [2.75, 3.05) is 34.2 Å². The molecule has 1 aromatic heterocycles. The number of imide groups is 1. The zero-order chi connectivity index (χ0) is 33.7. The van der Waals surface area contributed by atoms with Crippen LogP contribution in [0.4, 0.5) is 21.5 Å². The predicted molar refractivity (Wildman–Crippen MR) is 180 cm³/mol. The lowest BCUT2D eigenvalue weighted by Gasteiger charge is -2.33. The first kappa shape index (κ1) is 31.5. The van der Waals surface area contributed by atoms with E-state index in [9.17, 15) is 29.1 Å². The number of hydrogen-bond acceptors (Lipinski definition) is 9. The predicted octanol–water partition coefficient (Wildman–Crippen LogP) is 3.54. The topological polar surface area (TPSA) is 158 Å². The van der Waals surface area contributed by atoms with Gasteiger partial charge in [0.2, 0.25) is 17.7 Å². The molecule has 0 bridgehead atoms. The molecule has 7 rings (SSSR count). The van der Waals surface area contributed by atoms with Gasteiger partial charge in [-0.25, -0.2) is 9.18 Å². The number of fused-ring (bicyclic) bond motifs is 2. The second-order valence-electron chi connectivity index (χ2n) is 12.4. The van der Waals surface area contributed by atoms with Gasteiger partial charge in [-0.3, -0.25) is 42.7 Å². The number of imidazole rings is 1. The summed E-state index contributed by atoms with van der Waals surface area (Å²) < 4.78 is 22.3. The molecule has 0 spiro atoms. The van der Waals surface area contributed by atoms with E-state index in [2.05, 4.69) is 20.3 Å². The molecule has 1 unspecified atom stereocenters. The average Bonchev–Trinajstić information content (AvgIpc) is 3.60. The van der Waals surface area contributed by atoms with Crippen molar-refractivity contribution in [3.63, 3.8) is 0 Å². The van der Waals surface area contributed by atoms with Crippen LogP contribution in [-0.2, 0) is 25.7 Å². The number of rotatable bonds is 7. The lowest BCUT2D eigenvalue weighted by Crippen LogP contribution is -2.44. The van der Waals surface area contributed by atoms with E-state index in [1.165, 1.54) is 14.9 Å². The maximum absolute atomic E-state index is 15.3. The summed E-state index contributed by atoms with van der Waals surface area (Å²) in [7, 11) is 0. The normalized spacial score (nSPS) is 18.9. The number of phenols is 1. The fourth-order valence-electron chi connectivity index (χ4n) is 6.95. The number of piperidine rings is 2. The number of aryl methyl sites for hydroxylation is 1. The van der Waals surface area contributed by atoms with Crippen LogP contribution in [0, 0.1) is 11.7 Å². The fraction of sp³-hybridized carbons (Fsp3) is 0.364. The van der Waals surface area contributed by atoms with Gasteiger partial charge in [-0.1, -0.05) is 0 Å². The van der Waals surface area contributed by atoms with Crippen molar-refractivity contribution >= 4 is 74.6 Å². The summed E-state index contributed by atoms with van der Waals surface area (Å²) in [5.41, 5.74) is 2.47. The molecular formula is C33H34FN7O6S. The Morgan fingerprint density at radius 3 is 2.52 bits per heavy atom. The maximum atomic E-state index is 15.3. The van der Waals surface area contributed by atoms with Gasteiger partial charge >= 0.3 is 5.69 Å². The number of halogens is 1. The van der Waals surface area contributed by atoms with E-state index in [4.69, 9.17) is 0 Å². The fourth-order valence-corrected chi connectivity index (χ4v) is 7.67. The molecule has 3 saturated heterocycles. The number of aromatic hydroxyl groups is 1. The molecule has 48 heavy (non-hydrogen) atoms. The molecule has 0 aliphatic carbocycles. The number of aromatic nitrogens is 2. The lowest BCUT2D eigenvalue weighted by atomic mass is 9.93. The van der Waals surface area contributed by atoms with E-state index in [0.717, 1.165) is 49.3 Å². The maximum Gasteiger partial charge on any atom is 0.329 e. The molecule has 3 aliphatic rings. The largest absolute Gasteiger partial charge is 0.506 e. The van der Waals surface area contributed by atoms with Crippen molar-refractivity contribution in [2.24, 2.45) is 5.92 Å². The molecule has 15 heteroatoms. The number of hydrogen-bond donors (Lipinski definition) is 4. The minimum Gasteiger partial charge on any atom is -0.506 e. The van der Waals surface area contributed by atoms with Gasteiger partial charge in [0.05, 0.1) is 23.2 Å². The van der Waals surface area contributed by atoms with Crippen molar-refractivity contribution in [1.82, 2.24) is 19.2 Å². The third-order valence-corrected chi connectivity index (χ3v) is 10.2. The van der Waals surface area contributed by atoms with Gasteiger partial charge in [0, 0.05) is 49.2 Å². The number of nitrogens with zero attached hydrogens (tertiary/aromatic N) is 4. The first-order valence-electron chi connectivity index (χ1n) is 15.9. The molecule has 4 N–H and O–H groups in total. The molecule has 0 radical (unpaired) electrons. The molecule has 4 aromatic rings. The van der Waals surface area contributed by atoms with E-state index >= 15 is 4.39 Å². The molecular weight excluding hydrogens is 641 g/mol. The van der Waals surface area contributed by atoms with E-state index in [-0.39, 0.29) is 65.5 Å². The zero-order valence-corrected chi connectivity index (χ0v) is 26.9. The van der Waals surface area contributed by atoms with Crippen LogP contribution in [0.2, 0.25) is 0 Å². The molecule has 1 atom stereocenters. The Morgan fingerprint density at radius 2 is 1.81 bits per heavy atom. The Morgan fingerprint density at radius 1 is 1.02 bits per heavy atom. The molecule has 0 saturated carbocycles. The van der Waals surface area contributed by atoms with E-state index < -0.39 is 17.8 Å². The van der Waals surface area contributed by atoms with Crippen LogP contribution in [0.1, 0.15) is 45.1 Å². The van der Waals surface area contributed by atoms with Gasteiger partial charge in [-0.05, 0) is 80.0 Å².